The lowest BCUT2D eigenvalue weighted by Gasteiger charge is -2.30. The summed E-state index contributed by atoms with van der Waals surface area (Å²) in [5.74, 6) is 0.0320. The molecule has 0 spiro atoms. The van der Waals surface area contributed by atoms with Gasteiger partial charge >= 0.3 is 0 Å². The molecule has 0 radical (unpaired) electrons. The average Bonchev–Trinajstić information content (AvgIpc) is 2.56. The van der Waals surface area contributed by atoms with E-state index in [1.807, 2.05) is 18.9 Å². The van der Waals surface area contributed by atoms with Crippen molar-refractivity contribution in [1.29, 1.82) is 0 Å². The first-order valence-corrected chi connectivity index (χ1v) is 8.51. The van der Waals surface area contributed by atoms with Crippen LogP contribution in [0.3, 0.4) is 0 Å². The molecule has 2 N–H and O–H groups in total. The number of nitrogens with zero attached hydrogens (tertiary/aromatic N) is 1. The lowest BCUT2D eigenvalue weighted by molar-refractivity contribution is -0.886. The highest BCUT2D eigenvalue weighted by Gasteiger charge is 2.29. The first-order valence-electron chi connectivity index (χ1n) is 8.14. The van der Waals surface area contributed by atoms with Crippen molar-refractivity contribution in [1.82, 2.24) is 4.90 Å². The zero-order chi connectivity index (χ0) is 16.8. The number of rotatable bonds is 5. The highest BCUT2D eigenvalue weighted by Crippen LogP contribution is 2.13. The largest absolute Gasteiger partial charge is 0.338 e. The SMILES string of the molecule is C[C@H](C(=O)N1CCCCC1)[NH+](C)CC(=O)Nc1ccc(Cl)cc1. The van der Waals surface area contributed by atoms with Crippen LogP contribution in [0.25, 0.3) is 0 Å². The number of carbonyl (C=O) groups is 2. The minimum Gasteiger partial charge on any atom is -0.338 e. The number of benzene rings is 1. The number of amides is 2. The first kappa shape index (κ1) is 17.8. The number of quaternary nitrogens is 1. The van der Waals surface area contributed by atoms with E-state index in [-0.39, 0.29) is 24.4 Å². The van der Waals surface area contributed by atoms with E-state index in [2.05, 4.69) is 5.32 Å². The normalized spacial score (nSPS) is 17.4. The molecule has 1 aromatic carbocycles. The van der Waals surface area contributed by atoms with Gasteiger partial charge in [0, 0.05) is 23.8 Å². The van der Waals surface area contributed by atoms with E-state index in [9.17, 15) is 9.59 Å². The smallest absolute Gasteiger partial charge is 0.280 e. The summed E-state index contributed by atoms with van der Waals surface area (Å²) in [7, 11) is 1.88. The van der Waals surface area contributed by atoms with Crippen LogP contribution < -0.4 is 10.2 Å². The number of hydrogen-bond acceptors (Lipinski definition) is 2. The third kappa shape index (κ3) is 5.22. The van der Waals surface area contributed by atoms with E-state index < -0.39 is 0 Å². The zero-order valence-electron chi connectivity index (χ0n) is 13.8. The molecule has 1 aliphatic heterocycles. The lowest BCUT2D eigenvalue weighted by atomic mass is 10.1. The first-order chi connectivity index (χ1) is 11.0. The molecule has 6 heteroatoms. The van der Waals surface area contributed by atoms with Gasteiger partial charge < -0.3 is 15.1 Å². The van der Waals surface area contributed by atoms with Crippen LogP contribution >= 0.6 is 11.6 Å². The second-order valence-corrected chi connectivity index (χ2v) is 6.62. The van der Waals surface area contributed by atoms with Crippen LogP contribution in [0.5, 0.6) is 0 Å². The third-order valence-electron chi connectivity index (χ3n) is 4.34. The Labute approximate surface area is 142 Å². The number of piperidine rings is 1. The highest BCUT2D eigenvalue weighted by atomic mass is 35.5. The van der Waals surface area contributed by atoms with E-state index in [1.165, 1.54) is 6.42 Å². The van der Waals surface area contributed by atoms with Crippen molar-refractivity contribution in [2.24, 2.45) is 0 Å². The molecular weight excluding hydrogens is 314 g/mol. The Morgan fingerprint density at radius 2 is 1.83 bits per heavy atom. The molecule has 5 nitrogen and oxygen atoms in total. The Bertz CT molecular complexity index is 541. The van der Waals surface area contributed by atoms with Crippen molar-refractivity contribution in [3.63, 3.8) is 0 Å². The summed E-state index contributed by atoms with van der Waals surface area (Å²) >= 11 is 5.82. The van der Waals surface area contributed by atoms with Gasteiger partial charge in [-0.1, -0.05) is 11.6 Å². The molecule has 23 heavy (non-hydrogen) atoms. The van der Waals surface area contributed by atoms with Crippen LogP contribution in [-0.2, 0) is 9.59 Å². The number of carbonyl (C=O) groups excluding carboxylic acids is 2. The van der Waals surface area contributed by atoms with Crippen molar-refractivity contribution in [3.8, 4) is 0 Å². The molecular formula is C17H25ClN3O2+. The predicted molar refractivity (Wildman–Crippen MR) is 91.7 cm³/mol. The second-order valence-electron chi connectivity index (χ2n) is 6.19. The monoisotopic (exact) mass is 338 g/mol. The van der Waals surface area contributed by atoms with E-state index in [4.69, 9.17) is 11.6 Å². The summed E-state index contributed by atoms with van der Waals surface area (Å²) in [4.78, 5) is 27.4. The number of anilines is 1. The topological polar surface area (TPSA) is 53.9 Å². The fourth-order valence-corrected chi connectivity index (χ4v) is 2.87. The Morgan fingerprint density at radius 3 is 2.43 bits per heavy atom. The van der Waals surface area contributed by atoms with Gasteiger partial charge in [-0.05, 0) is 50.5 Å². The molecule has 1 saturated heterocycles. The molecule has 0 aromatic heterocycles. The molecule has 1 aliphatic rings. The van der Waals surface area contributed by atoms with Gasteiger partial charge in [-0.15, -0.1) is 0 Å². The van der Waals surface area contributed by atoms with E-state index in [0.29, 0.717) is 10.7 Å². The Balaban J connectivity index is 1.84. The molecule has 0 bridgehead atoms. The number of likely N-dealkylation sites (N-methyl/N-ethyl adjacent to an activating group) is 1. The molecule has 1 unspecified atom stereocenters. The highest BCUT2D eigenvalue weighted by molar-refractivity contribution is 6.30. The molecule has 1 aromatic rings. The number of likely N-dealkylation sites (tertiary alicyclic amines) is 1. The van der Waals surface area contributed by atoms with Gasteiger partial charge in [0.2, 0.25) is 0 Å². The van der Waals surface area contributed by atoms with Crippen LogP contribution in [0.1, 0.15) is 26.2 Å². The third-order valence-corrected chi connectivity index (χ3v) is 4.60. The van der Waals surface area contributed by atoms with Gasteiger partial charge in [0.25, 0.3) is 11.8 Å². The summed E-state index contributed by atoms with van der Waals surface area (Å²) < 4.78 is 0. The maximum Gasteiger partial charge on any atom is 0.280 e. The molecule has 2 atom stereocenters. The Morgan fingerprint density at radius 1 is 1.22 bits per heavy atom. The summed E-state index contributed by atoms with van der Waals surface area (Å²) in [5.41, 5.74) is 0.710. The van der Waals surface area contributed by atoms with Crippen LogP contribution in [-0.4, -0.2) is 49.4 Å². The van der Waals surface area contributed by atoms with E-state index in [0.717, 1.165) is 30.8 Å². The molecule has 0 saturated carbocycles. The number of nitrogens with one attached hydrogen (secondary N) is 2. The molecule has 2 rings (SSSR count). The van der Waals surface area contributed by atoms with Crippen LogP contribution in [0.15, 0.2) is 24.3 Å². The number of halogens is 1. The standard InChI is InChI=1S/C17H24ClN3O2/c1-13(17(23)21-10-4-3-5-11-21)20(2)12-16(22)19-15-8-6-14(18)7-9-15/h6-9,13H,3-5,10-12H2,1-2H3,(H,19,22)/p+1/t13-/m1/s1. The van der Waals surface area contributed by atoms with Crippen LogP contribution in [0.2, 0.25) is 5.02 Å². The van der Waals surface area contributed by atoms with Gasteiger partial charge in [-0.2, -0.15) is 0 Å². The van der Waals surface area contributed by atoms with Gasteiger partial charge in [0.15, 0.2) is 12.6 Å². The van der Waals surface area contributed by atoms with Crippen LogP contribution in [0.4, 0.5) is 5.69 Å². The zero-order valence-corrected chi connectivity index (χ0v) is 14.5. The quantitative estimate of drug-likeness (QED) is 0.847. The summed E-state index contributed by atoms with van der Waals surface area (Å²) in [5, 5.41) is 3.46. The van der Waals surface area contributed by atoms with Gasteiger partial charge in [-0.25, -0.2) is 0 Å². The van der Waals surface area contributed by atoms with Crippen molar-refractivity contribution in [2.75, 3.05) is 32.0 Å². The van der Waals surface area contributed by atoms with Gasteiger partial charge in [0.1, 0.15) is 0 Å². The minimum atomic E-state index is -0.218. The van der Waals surface area contributed by atoms with Gasteiger partial charge in [0.05, 0.1) is 7.05 Å². The molecule has 126 valence electrons. The number of hydrogen-bond donors (Lipinski definition) is 2. The minimum absolute atomic E-state index is 0.108. The predicted octanol–water partition coefficient (Wildman–Crippen LogP) is 1.19. The van der Waals surface area contributed by atoms with E-state index in [1.54, 1.807) is 24.3 Å². The Hall–Kier alpha value is -1.59. The summed E-state index contributed by atoms with van der Waals surface area (Å²) in [6, 6.07) is 6.77. The van der Waals surface area contributed by atoms with Crippen molar-refractivity contribution < 1.29 is 14.5 Å². The summed E-state index contributed by atoms with van der Waals surface area (Å²) in [6.07, 6.45) is 3.35. The molecule has 0 aliphatic carbocycles. The molecule has 1 fully saturated rings. The van der Waals surface area contributed by atoms with E-state index >= 15 is 0 Å². The van der Waals surface area contributed by atoms with Crippen molar-refractivity contribution in [3.05, 3.63) is 29.3 Å². The maximum atomic E-state index is 12.5. The average molecular weight is 339 g/mol. The van der Waals surface area contributed by atoms with Crippen LogP contribution in [0, 0.1) is 0 Å². The van der Waals surface area contributed by atoms with Crippen molar-refractivity contribution >= 4 is 29.1 Å². The fraction of sp³-hybridized carbons (Fsp3) is 0.529. The Kier molecular flexibility index (Phi) is 6.42. The van der Waals surface area contributed by atoms with Crippen molar-refractivity contribution in [2.45, 2.75) is 32.2 Å². The molecule has 2 amide bonds. The maximum absolute atomic E-state index is 12.5. The fourth-order valence-electron chi connectivity index (χ4n) is 2.74. The van der Waals surface area contributed by atoms with Gasteiger partial charge in [-0.3, -0.25) is 9.59 Å². The summed E-state index contributed by atoms with van der Waals surface area (Å²) in [6.45, 7) is 3.83. The lowest BCUT2D eigenvalue weighted by Crippen LogP contribution is -3.15. The molecule has 1 heterocycles. The second kappa shape index (κ2) is 8.31.